The predicted octanol–water partition coefficient (Wildman–Crippen LogP) is 3.53. The molecule has 4 aromatic rings. The molecule has 1 saturated heterocycles. The molecule has 1 atom stereocenters. The van der Waals surface area contributed by atoms with E-state index in [1.165, 1.54) is 0 Å². The minimum absolute atomic E-state index is 0.0450. The Labute approximate surface area is 221 Å². The van der Waals surface area contributed by atoms with E-state index in [1.807, 2.05) is 25.4 Å². The molecule has 4 aromatic heterocycles. The zero-order valence-corrected chi connectivity index (χ0v) is 22.2. The third kappa shape index (κ3) is 5.57. The highest BCUT2D eigenvalue weighted by atomic mass is 16.2. The summed E-state index contributed by atoms with van der Waals surface area (Å²) in [7, 11) is 1.86. The van der Waals surface area contributed by atoms with Gasteiger partial charge in [0.05, 0.1) is 29.5 Å². The van der Waals surface area contributed by atoms with Gasteiger partial charge in [-0.05, 0) is 69.8 Å². The summed E-state index contributed by atoms with van der Waals surface area (Å²) in [5.74, 6) is 0.0228. The number of piperidine rings is 1. The third-order valence-corrected chi connectivity index (χ3v) is 7.02. The first-order chi connectivity index (χ1) is 18.3. The molecule has 11 heteroatoms. The number of anilines is 2. The van der Waals surface area contributed by atoms with Gasteiger partial charge in [-0.1, -0.05) is 0 Å². The molecule has 2 N–H and O–H groups in total. The van der Waals surface area contributed by atoms with Gasteiger partial charge in [-0.25, -0.2) is 0 Å². The van der Waals surface area contributed by atoms with Gasteiger partial charge in [0.15, 0.2) is 5.65 Å². The molecule has 5 rings (SSSR count). The maximum absolute atomic E-state index is 13.1. The Hall–Kier alpha value is -4.12. The number of nitrogens with one attached hydrogen (secondary N) is 2. The highest BCUT2D eigenvalue weighted by Gasteiger charge is 2.24. The summed E-state index contributed by atoms with van der Waals surface area (Å²) in [6.45, 7) is 8.21. The summed E-state index contributed by atoms with van der Waals surface area (Å²) >= 11 is 0. The molecule has 2 amide bonds. The molecule has 1 aliphatic rings. The second-order valence-corrected chi connectivity index (χ2v) is 10.2. The zero-order chi connectivity index (χ0) is 26.8. The van der Waals surface area contributed by atoms with E-state index in [2.05, 4.69) is 49.7 Å². The van der Waals surface area contributed by atoms with E-state index in [9.17, 15) is 9.59 Å². The number of nitrogens with zero attached hydrogens (tertiary/aromatic N) is 7. The second kappa shape index (κ2) is 10.7. The van der Waals surface area contributed by atoms with Crippen molar-refractivity contribution < 1.29 is 9.59 Å². The Balaban J connectivity index is 1.26. The Bertz CT molecular complexity index is 1470. The van der Waals surface area contributed by atoms with Gasteiger partial charge in [0.25, 0.3) is 5.91 Å². The summed E-state index contributed by atoms with van der Waals surface area (Å²) in [6, 6.07) is 5.96. The third-order valence-electron chi connectivity index (χ3n) is 7.02. The smallest absolute Gasteiger partial charge is 0.294 e. The first-order valence-corrected chi connectivity index (χ1v) is 12.9. The summed E-state index contributed by atoms with van der Waals surface area (Å²) < 4.78 is 3.36. The number of aromatic nitrogens is 6. The van der Waals surface area contributed by atoms with Crippen LogP contribution in [0.3, 0.4) is 0 Å². The van der Waals surface area contributed by atoms with Crippen LogP contribution in [0.15, 0.2) is 43.0 Å². The van der Waals surface area contributed by atoms with E-state index in [0.29, 0.717) is 41.1 Å². The van der Waals surface area contributed by atoms with Crippen LogP contribution in [0, 0.1) is 12.8 Å². The fourth-order valence-electron chi connectivity index (χ4n) is 4.91. The van der Waals surface area contributed by atoms with E-state index in [4.69, 9.17) is 0 Å². The summed E-state index contributed by atoms with van der Waals surface area (Å²) in [4.78, 5) is 32.7. The van der Waals surface area contributed by atoms with Crippen molar-refractivity contribution >= 4 is 28.8 Å². The lowest BCUT2D eigenvalue weighted by Crippen LogP contribution is -2.40. The van der Waals surface area contributed by atoms with Gasteiger partial charge >= 0.3 is 0 Å². The SMILES string of the molecule is Cc1ncc(NC(=O)CC2CCCN(C(C)C)C2)cc1NC(=O)c1nnc2cc(-c3cnn(C)c3)ccn12. The number of hydrogen-bond acceptors (Lipinski definition) is 7. The minimum atomic E-state index is -0.420. The number of pyridine rings is 2. The normalized spacial score (nSPS) is 16.2. The first kappa shape index (κ1) is 25.5. The number of carbonyl (C=O) groups is 2. The molecule has 0 saturated carbocycles. The highest BCUT2D eigenvalue weighted by molar-refractivity contribution is 6.03. The molecular weight excluding hydrogens is 482 g/mol. The molecule has 0 spiro atoms. The Kier molecular flexibility index (Phi) is 7.19. The van der Waals surface area contributed by atoms with E-state index in [0.717, 1.165) is 37.1 Å². The van der Waals surface area contributed by atoms with E-state index < -0.39 is 5.91 Å². The van der Waals surface area contributed by atoms with E-state index in [-0.39, 0.29) is 11.7 Å². The minimum Gasteiger partial charge on any atom is -0.325 e. The number of rotatable bonds is 7. The summed E-state index contributed by atoms with van der Waals surface area (Å²) in [6.07, 6.45) is 9.68. The van der Waals surface area contributed by atoms with Crippen LogP contribution in [-0.4, -0.2) is 65.2 Å². The lowest BCUT2D eigenvalue weighted by molar-refractivity contribution is -0.117. The molecule has 11 nitrogen and oxygen atoms in total. The van der Waals surface area contributed by atoms with Crippen LogP contribution in [0.1, 0.15) is 49.4 Å². The number of hydrogen-bond donors (Lipinski definition) is 2. The molecule has 1 unspecified atom stereocenters. The van der Waals surface area contributed by atoms with Crippen molar-refractivity contribution in [2.75, 3.05) is 23.7 Å². The van der Waals surface area contributed by atoms with Crippen LogP contribution in [0.4, 0.5) is 11.4 Å². The number of carbonyl (C=O) groups excluding carboxylic acids is 2. The van der Waals surface area contributed by atoms with Gasteiger partial charge in [0, 0.05) is 44.0 Å². The average Bonchev–Trinajstić information content (AvgIpc) is 3.52. The summed E-state index contributed by atoms with van der Waals surface area (Å²) in [5.41, 5.74) is 4.10. The quantitative estimate of drug-likeness (QED) is 0.386. The lowest BCUT2D eigenvalue weighted by Gasteiger charge is -2.35. The molecule has 38 heavy (non-hydrogen) atoms. The fourth-order valence-corrected chi connectivity index (χ4v) is 4.91. The topological polar surface area (TPSA) is 122 Å². The van der Waals surface area contributed by atoms with Crippen LogP contribution >= 0.6 is 0 Å². The van der Waals surface area contributed by atoms with Crippen molar-refractivity contribution in [2.24, 2.45) is 13.0 Å². The zero-order valence-electron chi connectivity index (χ0n) is 22.2. The van der Waals surface area contributed by atoms with Crippen molar-refractivity contribution in [3.63, 3.8) is 0 Å². The van der Waals surface area contributed by atoms with Crippen molar-refractivity contribution in [1.29, 1.82) is 0 Å². The molecule has 1 aliphatic heterocycles. The monoisotopic (exact) mass is 515 g/mol. The molecule has 0 aliphatic carbocycles. The molecule has 0 radical (unpaired) electrons. The van der Waals surface area contributed by atoms with Gasteiger partial charge < -0.3 is 15.5 Å². The van der Waals surface area contributed by atoms with E-state index in [1.54, 1.807) is 40.7 Å². The predicted molar refractivity (Wildman–Crippen MR) is 145 cm³/mol. The van der Waals surface area contributed by atoms with Crippen LogP contribution in [0.2, 0.25) is 0 Å². The Morgan fingerprint density at radius 2 is 1.97 bits per heavy atom. The van der Waals surface area contributed by atoms with E-state index >= 15 is 0 Å². The largest absolute Gasteiger partial charge is 0.325 e. The summed E-state index contributed by atoms with van der Waals surface area (Å²) in [5, 5.41) is 18.3. The van der Waals surface area contributed by atoms with Crippen molar-refractivity contribution in [1.82, 2.24) is 34.3 Å². The van der Waals surface area contributed by atoms with Gasteiger partial charge in [-0.15, -0.1) is 10.2 Å². The van der Waals surface area contributed by atoms with Crippen LogP contribution < -0.4 is 10.6 Å². The number of aryl methyl sites for hydroxylation is 2. The molecule has 198 valence electrons. The molecule has 5 heterocycles. The van der Waals surface area contributed by atoms with Crippen molar-refractivity contribution in [3.8, 4) is 11.1 Å². The van der Waals surface area contributed by atoms with Crippen molar-refractivity contribution in [3.05, 3.63) is 54.5 Å². The molecule has 1 fully saturated rings. The number of likely N-dealkylation sites (tertiary alicyclic amines) is 1. The lowest BCUT2D eigenvalue weighted by atomic mass is 9.93. The van der Waals surface area contributed by atoms with Gasteiger partial charge in [0.2, 0.25) is 11.7 Å². The fraction of sp³-hybridized carbons (Fsp3) is 0.407. The average molecular weight is 516 g/mol. The van der Waals surface area contributed by atoms with Crippen LogP contribution in [0.25, 0.3) is 16.8 Å². The standard InChI is InChI=1S/C27H33N9O2/c1-17(2)35-8-5-6-19(15-35)10-25(37)30-22-12-23(18(3)28-14-22)31-27(38)26-33-32-24-11-20(7-9-36(24)26)21-13-29-34(4)16-21/h7,9,11-14,16-17,19H,5-6,8,10,15H2,1-4H3,(H,30,37)(H,31,38). The maximum atomic E-state index is 13.1. The highest BCUT2D eigenvalue weighted by Crippen LogP contribution is 2.24. The van der Waals surface area contributed by atoms with Crippen LogP contribution in [-0.2, 0) is 11.8 Å². The van der Waals surface area contributed by atoms with Crippen molar-refractivity contribution in [2.45, 2.75) is 46.1 Å². The molecule has 0 aromatic carbocycles. The Morgan fingerprint density at radius 3 is 2.74 bits per heavy atom. The van der Waals surface area contributed by atoms with Gasteiger partial charge in [0.1, 0.15) is 0 Å². The van der Waals surface area contributed by atoms with Gasteiger partial charge in [-0.3, -0.25) is 23.7 Å². The second-order valence-electron chi connectivity index (χ2n) is 10.2. The molecular formula is C27H33N9O2. The Morgan fingerprint density at radius 1 is 1.13 bits per heavy atom. The first-order valence-electron chi connectivity index (χ1n) is 12.9. The molecule has 0 bridgehead atoms. The van der Waals surface area contributed by atoms with Crippen LogP contribution in [0.5, 0.6) is 0 Å². The van der Waals surface area contributed by atoms with Gasteiger partial charge in [-0.2, -0.15) is 5.10 Å². The maximum Gasteiger partial charge on any atom is 0.294 e. The number of fused-ring (bicyclic) bond motifs is 1. The number of amides is 2.